The van der Waals surface area contributed by atoms with Crippen LogP contribution in [0.2, 0.25) is 0 Å². The molecule has 0 saturated heterocycles. The summed E-state index contributed by atoms with van der Waals surface area (Å²) in [6.07, 6.45) is 77.6. The molecule has 0 heterocycles. The van der Waals surface area contributed by atoms with E-state index in [1.807, 2.05) is 0 Å². The lowest BCUT2D eigenvalue weighted by atomic mass is 10.1. The maximum atomic E-state index is 12.8. The van der Waals surface area contributed by atoms with E-state index in [0.29, 0.717) is 19.3 Å². The lowest BCUT2D eigenvalue weighted by Gasteiger charge is -2.18. The van der Waals surface area contributed by atoms with Crippen LogP contribution in [-0.2, 0) is 28.6 Å². The Bertz CT molecular complexity index is 1470. The van der Waals surface area contributed by atoms with Crippen LogP contribution >= 0.6 is 0 Å². The summed E-state index contributed by atoms with van der Waals surface area (Å²) in [5.41, 5.74) is 0. The van der Waals surface area contributed by atoms with Crippen molar-refractivity contribution in [3.8, 4) is 0 Å². The molecule has 0 N–H and O–H groups in total. The third-order valence-electron chi connectivity index (χ3n) is 11.4. The Balaban J connectivity index is 4.54. The van der Waals surface area contributed by atoms with E-state index in [1.165, 1.54) is 96.3 Å². The van der Waals surface area contributed by atoms with Gasteiger partial charge in [0.2, 0.25) is 0 Å². The zero-order valence-electron chi connectivity index (χ0n) is 44.5. The molecule has 390 valence electrons. The molecule has 0 aromatic carbocycles. The normalized spacial score (nSPS) is 13.0. The van der Waals surface area contributed by atoms with E-state index in [9.17, 15) is 14.4 Å². The molecule has 0 aliphatic heterocycles. The molecule has 6 nitrogen and oxygen atoms in total. The van der Waals surface area contributed by atoms with Crippen LogP contribution in [0.15, 0.2) is 122 Å². The third-order valence-corrected chi connectivity index (χ3v) is 11.4. The van der Waals surface area contributed by atoms with Gasteiger partial charge in [0.15, 0.2) is 6.10 Å². The van der Waals surface area contributed by atoms with Gasteiger partial charge >= 0.3 is 17.9 Å². The lowest BCUT2D eigenvalue weighted by molar-refractivity contribution is -0.167. The molecule has 0 aromatic heterocycles. The molecular formula is C63H102O6. The third kappa shape index (κ3) is 54.6. The molecule has 69 heavy (non-hydrogen) atoms. The largest absolute Gasteiger partial charge is 0.462 e. The SMILES string of the molecule is CC/C=C\C/C=C\C/C=C\C/C=C\CCCCC(=O)OC[C@H](COC(=O)CCCCCCCCCCC/C=C\C/C=C\CCCCC)OC(=O)CCC/C=C\C/C=C\C/C=C\C/C=C\CCCCC. The summed E-state index contributed by atoms with van der Waals surface area (Å²) in [5.74, 6) is -1.03. The average Bonchev–Trinajstić information content (AvgIpc) is 3.35. The number of hydrogen-bond donors (Lipinski definition) is 0. The van der Waals surface area contributed by atoms with Crippen LogP contribution in [0.1, 0.15) is 239 Å². The average molecular weight is 956 g/mol. The second kappa shape index (κ2) is 56.4. The van der Waals surface area contributed by atoms with E-state index in [0.717, 1.165) is 89.9 Å². The zero-order chi connectivity index (χ0) is 50.0. The van der Waals surface area contributed by atoms with Gasteiger partial charge in [-0.25, -0.2) is 0 Å². The van der Waals surface area contributed by atoms with E-state index in [4.69, 9.17) is 14.2 Å². The highest BCUT2D eigenvalue weighted by molar-refractivity contribution is 5.71. The highest BCUT2D eigenvalue weighted by atomic mass is 16.6. The van der Waals surface area contributed by atoms with Crippen molar-refractivity contribution in [1.29, 1.82) is 0 Å². The van der Waals surface area contributed by atoms with E-state index in [-0.39, 0.29) is 44.0 Å². The molecule has 0 spiro atoms. The standard InChI is InChI=1S/C63H102O6/c1-4-7-10-13-16-19-22-25-28-30-31-33-35-38-41-44-47-50-53-56-62(65)68-59-60(58-67-61(64)55-52-49-46-43-40-37-34-27-24-21-18-15-12-9-6-3)69-63(66)57-54-51-48-45-42-39-36-32-29-26-23-20-17-14-11-8-5-2/h9,12,16-21,25-29,34,36,39-40,43,45,48,60H,4-8,10-11,13-15,22-24,30-33,35,37-38,41-42,44,46-47,49-59H2,1-3H3/b12-9-,19-16-,20-17-,21-18-,28-25-,29-26-,34-27-,39-36-,43-40-,48-45-/t60-/m1/s1. The highest BCUT2D eigenvalue weighted by Crippen LogP contribution is 2.13. The summed E-state index contributed by atoms with van der Waals surface area (Å²) < 4.78 is 16.8. The minimum atomic E-state index is -0.829. The van der Waals surface area contributed by atoms with Gasteiger partial charge < -0.3 is 14.2 Å². The first-order valence-corrected chi connectivity index (χ1v) is 28.0. The van der Waals surface area contributed by atoms with Gasteiger partial charge in [-0.05, 0) is 128 Å². The van der Waals surface area contributed by atoms with E-state index >= 15 is 0 Å². The van der Waals surface area contributed by atoms with Crippen molar-refractivity contribution >= 4 is 17.9 Å². The topological polar surface area (TPSA) is 78.9 Å². The number of esters is 3. The van der Waals surface area contributed by atoms with Crippen LogP contribution in [-0.4, -0.2) is 37.2 Å². The molecule has 0 radical (unpaired) electrons. The summed E-state index contributed by atoms with van der Waals surface area (Å²) >= 11 is 0. The first-order chi connectivity index (χ1) is 34.0. The molecule has 0 unspecified atom stereocenters. The van der Waals surface area contributed by atoms with Crippen molar-refractivity contribution in [3.63, 3.8) is 0 Å². The summed E-state index contributed by atoms with van der Waals surface area (Å²) in [5, 5.41) is 0. The second-order valence-corrected chi connectivity index (χ2v) is 18.1. The Labute approximate surface area is 424 Å². The van der Waals surface area contributed by atoms with Crippen LogP contribution in [0.5, 0.6) is 0 Å². The predicted molar refractivity (Wildman–Crippen MR) is 297 cm³/mol. The smallest absolute Gasteiger partial charge is 0.306 e. The van der Waals surface area contributed by atoms with Crippen molar-refractivity contribution in [2.75, 3.05) is 13.2 Å². The quantitative estimate of drug-likeness (QED) is 0.0262. The van der Waals surface area contributed by atoms with Gasteiger partial charge in [0.05, 0.1) is 0 Å². The number of carbonyl (C=O) groups excluding carboxylic acids is 3. The summed E-state index contributed by atoms with van der Waals surface area (Å²) in [6.45, 7) is 6.38. The van der Waals surface area contributed by atoms with Gasteiger partial charge in [0.1, 0.15) is 13.2 Å². The number of carbonyl (C=O) groups is 3. The Hall–Kier alpha value is -4.19. The van der Waals surface area contributed by atoms with Gasteiger partial charge in [0, 0.05) is 19.3 Å². The number of ether oxygens (including phenoxy) is 3. The first kappa shape index (κ1) is 64.8. The van der Waals surface area contributed by atoms with E-state index in [2.05, 4.69) is 142 Å². The van der Waals surface area contributed by atoms with Crippen molar-refractivity contribution < 1.29 is 28.6 Å². The summed E-state index contributed by atoms with van der Waals surface area (Å²) in [4.78, 5) is 38.1. The van der Waals surface area contributed by atoms with Gasteiger partial charge in [-0.1, -0.05) is 213 Å². The van der Waals surface area contributed by atoms with Gasteiger partial charge in [-0.3, -0.25) is 14.4 Å². The molecule has 0 fully saturated rings. The second-order valence-electron chi connectivity index (χ2n) is 18.1. The van der Waals surface area contributed by atoms with E-state index < -0.39 is 6.10 Å². The summed E-state index contributed by atoms with van der Waals surface area (Å²) in [6, 6.07) is 0. The lowest BCUT2D eigenvalue weighted by Crippen LogP contribution is -2.30. The van der Waals surface area contributed by atoms with Crippen molar-refractivity contribution in [3.05, 3.63) is 122 Å². The Morgan fingerprint density at radius 1 is 0.304 bits per heavy atom. The van der Waals surface area contributed by atoms with Crippen LogP contribution in [0.3, 0.4) is 0 Å². The van der Waals surface area contributed by atoms with Crippen LogP contribution in [0, 0.1) is 0 Å². The van der Waals surface area contributed by atoms with Gasteiger partial charge in [-0.2, -0.15) is 0 Å². The van der Waals surface area contributed by atoms with E-state index in [1.54, 1.807) is 0 Å². The number of hydrogen-bond acceptors (Lipinski definition) is 6. The molecule has 0 aromatic rings. The number of allylic oxidation sites excluding steroid dienone is 20. The fraction of sp³-hybridized carbons (Fsp3) is 0.635. The minimum absolute atomic E-state index is 0.118. The number of rotatable bonds is 49. The highest BCUT2D eigenvalue weighted by Gasteiger charge is 2.19. The van der Waals surface area contributed by atoms with Crippen molar-refractivity contribution in [1.82, 2.24) is 0 Å². The molecule has 0 saturated carbocycles. The van der Waals surface area contributed by atoms with Crippen molar-refractivity contribution in [2.24, 2.45) is 0 Å². The molecular weight excluding hydrogens is 853 g/mol. The molecule has 6 heteroatoms. The minimum Gasteiger partial charge on any atom is -0.462 e. The maximum Gasteiger partial charge on any atom is 0.306 e. The number of unbranched alkanes of at least 4 members (excludes halogenated alkanes) is 18. The molecule has 0 rings (SSSR count). The molecule has 0 aliphatic carbocycles. The molecule has 0 amide bonds. The molecule has 0 aliphatic rings. The van der Waals surface area contributed by atoms with Crippen LogP contribution in [0.25, 0.3) is 0 Å². The van der Waals surface area contributed by atoms with Crippen LogP contribution < -0.4 is 0 Å². The molecule has 0 bridgehead atoms. The zero-order valence-corrected chi connectivity index (χ0v) is 44.5. The van der Waals surface area contributed by atoms with Crippen molar-refractivity contribution in [2.45, 2.75) is 245 Å². The Kier molecular flexibility index (Phi) is 53.0. The molecule has 1 atom stereocenters. The maximum absolute atomic E-state index is 12.8. The Morgan fingerprint density at radius 2 is 0.580 bits per heavy atom. The first-order valence-electron chi connectivity index (χ1n) is 28.0. The summed E-state index contributed by atoms with van der Waals surface area (Å²) in [7, 11) is 0. The fourth-order valence-electron chi connectivity index (χ4n) is 7.22. The fourth-order valence-corrected chi connectivity index (χ4v) is 7.22. The van der Waals surface area contributed by atoms with Gasteiger partial charge in [0.25, 0.3) is 0 Å². The van der Waals surface area contributed by atoms with Crippen LogP contribution in [0.4, 0.5) is 0 Å². The monoisotopic (exact) mass is 955 g/mol. The predicted octanol–water partition coefficient (Wildman–Crippen LogP) is 18.9. The Morgan fingerprint density at radius 3 is 0.957 bits per heavy atom. The van der Waals surface area contributed by atoms with Gasteiger partial charge in [-0.15, -0.1) is 0 Å².